The number of hydrogen-bond donors (Lipinski definition) is 1. The second-order valence-electron chi connectivity index (χ2n) is 10.1. The van der Waals surface area contributed by atoms with Crippen molar-refractivity contribution in [2.24, 2.45) is 5.41 Å². The number of aromatic nitrogens is 1. The highest BCUT2D eigenvalue weighted by Crippen LogP contribution is 2.31. The summed E-state index contributed by atoms with van der Waals surface area (Å²) in [5.74, 6) is 0.0200. The molecule has 0 bridgehead atoms. The Labute approximate surface area is 179 Å². The van der Waals surface area contributed by atoms with Crippen LogP contribution >= 0.6 is 0 Å². The number of amides is 2. The van der Waals surface area contributed by atoms with E-state index in [2.05, 4.69) is 64.0 Å². The van der Waals surface area contributed by atoms with Gasteiger partial charge in [0.2, 0.25) is 0 Å². The number of nitrogens with zero attached hydrogens (tertiary/aromatic N) is 3. The molecule has 2 aromatic rings. The summed E-state index contributed by atoms with van der Waals surface area (Å²) in [5, 5.41) is 3.04. The Hall–Kier alpha value is -2.63. The van der Waals surface area contributed by atoms with E-state index in [9.17, 15) is 9.18 Å². The van der Waals surface area contributed by atoms with Crippen molar-refractivity contribution in [1.29, 1.82) is 0 Å². The number of carbonyl (C=O) groups excluding carboxylic acids is 1. The Balaban J connectivity index is 1.76. The predicted molar refractivity (Wildman–Crippen MR) is 121 cm³/mol. The Morgan fingerprint density at radius 3 is 2.30 bits per heavy atom. The van der Waals surface area contributed by atoms with Crippen LogP contribution in [0, 0.1) is 11.2 Å². The molecule has 5 nitrogen and oxygen atoms in total. The van der Waals surface area contributed by atoms with Crippen molar-refractivity contribution >= 4 is 17.5 Å². The van der Waals surface area contributed by atoms with Gasteiger partial charge in [-0.05, 0) is 40.7 Å². The Bertz CT molecular complexity index is 883. The van der Waals surface area contributed by atoms with Crippen LogP contribution in [0.4, 0.5) is 20.7 Å². The third-order valence-corrected chi connectivity index (χ3v) is 5.68. The minimum absolute atomic E-state index is 0.0664. The molecule has 1 saturated heterocycles. The van der Waals surface area contributed by atoms with E-state index in [1.807, 2.05) is 21.9 Å². The molecule has 1 N–H and O–H groups in total. The van der Waals surface area contributed by atoms with Crippen LogP contribution in [-0.2, 0) is 5.41 Å². The van der Waals surface area contributed by atoms with Crippen LogP contribution in [0.2, 0.25) is 0 Å². The molecule has 2 heterocycles. The van der Waals surface area contributed by atoms with E-state index in [0.29, 0.717) is 25.5 Å². The largest absolute Gasteiger partial charge is 0.350 e. The number of anilines is 2. The maximum Gasteiger partial charge on any atom is 0.322 e. The molecule has 30 heavy (non-hydrogen) atoms. The van der Waals surface area contributed by atoms with Gasteiger partial charge in [0.1, 0.15) is 0 Å². The molecule has 1 aromatic heterocycles. The third-order valence-electron chi connectivity index (χ3n) is 5.68. The summed E-state index contributed by atoms with van der Waals surface area (Å²) >= 11 is 0. The van der Waals surface area contributed by atoms with E-state index < -0.39 is 0 Å². The molecule has 1 fully saturated rings. The van der Waals surface area contributed by atoms with Gasteiger partial charge in [-0.3, -0.25) is 0 Å². The van der Waals surface area contributed by atoms with E-state index in [-0.39, 0.29) is 28.7 Å². The predicted octanol–water partition coefficient (Wildman–Crippen LogP) is 5.29. The molecule has 1 aliphatic heterocycles. The molecule has 3 rings (SSSR count). The van der Waals surface area contributed by atoms with Crippen LogP contribution < -0.4 is 10.2 Å². The maximum absolute atomic E-state index is 14.3. The number of nitrogens with one attached hydrogen (secondary N) is 1. The van der Waals surface area contributed by atoms with Crippen LogP contribution in [0.25, 0.3) is 0 Å². The van der Waals surface area contributed by atoms with Gasteiger partial charge in [-0.1, -0.05) is 53.7 Å². The Morgan fingerprint density at radius 2 is 1.73 bits per heavy atom. The second-order valence-corrected chi connectivity index (χ2v) is 10.1. The molecular formula is C24H33FN4O. The van der Waals surface area contributed by atoms with Gasteiger partial charge in [0.25, 0.3) is 0 Å². The molecule has 0 saturated carbocycles. The number of piperazine rings is 1. The van der Waals surface area contributed by atoms with Gasteiger partial charge in [0.15, 0.2) is 11.6 Å². The summed E-state index contributed by atoms with van der Waals surface area (Å²) in [7, 11) is 0. The average Bonchev–Trinajstić information content (AvgIpc) is 2.67. The molecule has 1 atom stereocenters. The molecule has 1 aromatic carbocycles. The number of benzene rings is 1. The van der Waals surface area contributed by atoms with E-state index in [4.69, 9.17) is 0 Å². The van der Waals surface area contributed by atoms with Crippen molar-refractivity contribution in [3.05, 3.63) is 54.0 Å². The molecule has 0 spiro atoms. The summed E-state index contributed by atoms with van der Waals surface area (Å²) in [4.78, 5) is 21.1. The Morgan fingerprint density at radius 1 is 1.07 bits per heavy atom. The zero-order chi connectivity index (χ0) is 22.1. The quantitative estimate of drug-likeness (QED) is 0.729. The standard InChI is InChI=1S/C24H33FN4O/c1-23(2,3)17-9-11-18(12-10-17)27-22(30)29-15-14-28(16-20(29)24(4,5)6)21-19(25)8-7-13-26-21/h7-13,20H,14-16H2,1-6H3,(H,27,30). The molecule has 0 aliphatic carbocycles. The van der Waals surface area contributed by atoms with Crippen molar-refractivity contribution in [1.82, 2.24) is 9.88 Å². The van der Waals surface area contributed by atoms with Gasteiger partial charge in [-0.15, -0.1) is 0 Å². The van der Waals surface area contributed by atoms with E-state index in [0.717, 1.165) is 5.69 Å². The van der Waals surface area contributed by atoms with Crippen molar-refractivity contribution in [3.8, 4) is 0 Å². The smallest absolute Gasteiger partial charge is 0.322 e. The SMILES string of the molecule is CC(C)(C)c1ccc(NC(=O)N2CCN(c3ncccc3F)CC2C(C)(C)C)cc1. The van der Waals surface area contributed by atoms with E-state index >= 15 is 0 Å². The van der Waals surface area contributed by atoms with Crippen LogP contribution in [0.15, 0.2) is 42.6 Å². The number of pyridine rings is 1. The van der Waals surface area contributed by atoms with Crippen LogP contribution in [0.3, 0.4) is 0 Å². The second kappa shape index (κ2) is 8.25. The topological polar surface area (TPSA) is 48.5 Å². The van der Waals surface area contributed by atoms with Crippen LogP contribution in [-0.4, -0.2) is 41.6 Å². The molecular weight excluding hydrogens is 379 g/mol. The zero-order valence-corrected chi connectivity index (χ0v) is 18.9. The van der Waals surface area contributed by atoms with Crippen LogP contribution in [0.1, 0.15) is 47.1 Å². The number of hydrogen-bond acceptors (Lipinski definition) is 3. The minimum Gasteiger partial charge on any atom is -0.350 e. The third kappa shape index (κ3) is 4.91. The van der Waals surface area contributed by atoms with Gasteiger partial charge < -0.3 is 15.1 Å². The maximum atomic E-state index is 14.3. The normalized spacial score (nSPS) is 17.8. The highest BCUT2D eigenvalue weighted by molar-refractivity contribution is 5.89. The molecule has 6 heteroatoms. The fraction of sp³-hybridized carbons (Fsp3) is 0.500. The summed E-state index contributed by atoms with van der Waals surface area (Å²) in [6.07, 6.45) is 1.60. The lowest BCUT2D eigenvalue weighted by molar-refractivity contribution is 0.114. The lowest BCUT2D eigenvalue weighted by Crippen LogP contribution is -2.61. The lowest BCUT2D eigenvalue weighted by Gasteiger charge is -2.47. The average molecular weight is 413 g/mol. The van der Waals surface area contributed by atoms with Gasteiger partial charge in [-0.2, -0.15) is 0 Å². The van der Waals surface area contributed by atoms with Crippen molar-refractivity contribution < 1.29 is 9.18 Å². The van der Waals surface area contributed by atoms with Gasteiger partial charge in [0, 0.05) is 31.5 Å². The summed E-state index contributed by atoms with van der Waals surface area (Å²) < 4.78 is 14.3. The van der Waals surface area contributed by atoms with Gasteiger partial charge in [-0.25, -0.2) is 14.2 Å². The molecule has 0 radical (unpaired) electrons. The number of halogens is 1. The first kappa shape index (κ1) is 22.1. The molecule has 162 valence electrons. The first-order chi connectivity index (χ1) is 14.0. The highest BCUT2D eigenvalue weighted by atomic mass is 19.1. The fourth-order valence-electron chi connectivity index (χ4n) is 3.82. The lowest BCUT2D eigenvalue weighted by atomic mass is 9.84. The summed E-state index contributed by atoms with van der Waals surface area (Å²) in [6, 6.07) is 10.8. The highest BCUT2D eigenvalue weighted by Gasteiger charge is 2.38. The molecule has 1 unspecified atom stereocenters. The van der Waals surface area contributed by atoms with E-state index in [1.54, 1.807) is 12.3 Å². The van der Waals surface area contributed by atoms with E-state index in [1.165, 1.54) is 11.6 Å². The van der Waals surface area contributed by atoms with Gasteiger partial charge >= 0.3 is 6.03 Å². The molecule has 1 aliphatic rings. The van der Waals surface area contributed by atoms with Crippen molar-refractivity contribution in [2.45, 2.75) is 53.0 Å². The van der Waals surface area contributed by atoms with Crippen LogP contribution in [0.5, 0.6) is 0 Å². The number of carbonyl (C=O) groups is 1. The number of rotatable bonds is 2. The Kier molecular flexibility index (Phi) is 6.06. The molecule has 2 amide bonds. The summed E-state index contributed by atoms with van der Waals surface area (Å²) in [5.41, 5.74) is 1.90. The van der Waals surface area contributed by atoms with Crippen molar-refractivity contribution in [2.75, 3.05) is 29.9 Å². The fourth-order valence-corrected chi connectivity index (χ4v) is 3.82. The monoisotopic (exact) mass is 412 g/mol. The number of urea groups is 1. The zero-order valence-electron chi connectivity index (χ0n) is 18.9. The first-order valence-electron chi connectivity index (χ1n) is 10.5. The summed E-state index contributed by atoms with van der Waals surface area (Å²) in [6.45, 7) is 14.4. The van der Waals surface area contributed by atoms with Crippen molar-refractivity contribution in [3.63, 3.8) is 0 Å². The van der Waals surface area contributed by atoms with Gasteiger partial charge in [0.05, 0.1) is 6.04 Å². The first-order valence-corrected chi connectivity index (χ1v) is 10.5. The minimum atomic E-state index is -0.331.